The van der Waals surface area contributed by atoms with E-state index in [-0.39, 0.29) is 6.61 Å². The number of benzene rings is 1. The fourth-order valence-corrected chi connectivity index (χ4v) is 4.45. The standard InChI is InChI=1S/C15H19NO3S2/c1-12-4-2-3-5-13(12)8-10-16-21(18,19)15-7-6-14(20-15)9-11-17/h2-7,16-17H,8-11H2,1H3. The molecule has 6 heteroatoms. The summed E-state index contributed by atoms with van der Waals surface area (Å²) in [6.45, 7) is 2.42. The molecule has 1 heterocycles. The molecular formula is C15H19NO3S2. The van der Waals surface area contributed by atoms with E-state index in [2.05, 4.69) is 4.72 Å². The second-order valence-corrected chi connectivity index (χ2v) is 7.93. The summed E-state index contributed by atoms with van der Waals surface area (Å²) in [6, 6.07) is 11.3. The summed E-state index contributed by atoms with van der Waals surface area (Å²) in [4.78, 5) is 0.872. The maximum Gasteiger partial charge on any atom is 0.250 e. The highest BCUT2D eigenvalue weighted by molar-refractivity contribution is 7.91. The van der Waals surface area contributed by atoms with Crippen molar-refractivity contribution in [3.05, 3.63) is 52.4 Å². The number of nitrogens with one attached hydrogen (secondary N) is 1. The first-order chi connectivity index (χ1) is 10.0. The molecule has 0 unspecified atom stereocenters. The van der Waals surface area contributed by atoms with Crippen molar-refractivity contribution >= 4 is 21.4 Å². The van der Waals surface area contributed by atoms with E-state index in [4.69, 9.17) is 5.11 Å². The SMILES string of the molecule is Cc1ccccc1CCNS(=O)(=O)c1ccc(CCO)s1. The van der Waals surface area contributed by atoms with Gasteiger partial charge in [-0.2, -0.15) is 0 Å². The summed E-state index contributed by atoms with van der Waals surface area (Å²) in [6.07, 6.45) is 1.16. The van der Waals surface area contributed by atoms with Crippen LogP contribution in [0.25, 0.3) is 0 Å². The number of hydrogen-bond acceptors (Lipinski definition) is 4. The Hall–Kier alpha value is -1.21. The monoisotopic (exact) mass is 325 g/mol. The van der Waals surface area contributed by atoms with E-state index in [9.17, 15) is 8.42 Å². The summed E-state index contributed by atoms with van der Waals surface area (Å²) in [5.41, 5.74) is 2.31. The summed E-state index contributed by atoms with van der Waals surface area (Å²) in [5, 5.41) is 8.87. The largest absolute Gasteiger partial charge is 0.396 e. The minimum atomic E-state index is -3.45. The van der Waals surface area contributed by atoms with E-state index in [1.54, 1.807) is 12.1 Å². The van der Waals surface area contributed by atoms with Gasteiger partial charge in [-0.3, -0.25) is 0 Å². The molecule has 0 aliphatic heterocycles. The lowest BCUT2D eigenvalue weighted by Gasteiger charge is -2.07. The molecule has 0 saturated heterocycles. The smallest absolute Gasteiger partial charge is 0.250 e. The van der Waals surface area contributed by atoms with Crippen LogP contribution >= 0.6 is 11.3 Å². The van der Waals surface area contributed by atoms with Crippen LogP contribution < -0.4 is 4.72 Å². The highest BCUT2D eigenvalue weighted by Crippen LogP contribution is 2.21. The van der Waals surface area contributed by atoms with Gasteiger partial charge in [-0.1, -0.05) is 24.3 Å². The van der Waals surface area contributed by atoms with Crippen LogP contribution in [0.1, 0.15) is 16.0 Å². The Bertz CT molecular complexity index is 692. The predicted octanol–water partition coefficient (Wildman–Crippen LogP) is 2.11. The topological polar surface area (TPSA) is 66.4 Å². The zero-order valence-electron chi connectivity index (χ0n) is 11.9. The second-order valence-electron chi connectivity index (χ2n) is 4.77. The lowest BCUT2D eigenvalue weighted by molar-refractivity contribution is 0.300. The molecule has 2 aromatic rings. The molecule has 2 rings (SSSR count). The molecule has 0 aliphatic carbocycles. The van der Waals surface area contributed by atoms with E-state index >= 15 is 0 Å². The van der Waals surface area contributed by atoms with Gasteiger partial charge in [0.2, 0.25) is 10.0 Å². The molecule has 0 fully saturated rings. The normalized spacial score (nSPS) is 11.7. The Morgan fingerprint density at radius 1 is 1.14 bits per heavy atom. The number of thiophene rings is 1. The molecule has 0 atom stereocenters. The molecule has 0 spiro atoms. The first kappa shape index (κ1) is 16.2. The second kappa shape index (κ2) is 7.17. The number of rotatable bonds is 7. The van der Waals surface area contributed by atoms with Crippen LogP contribution in [0.5, 0.6) is 0 Å². The number of hydrogen-bond donors (Lipinski definition) is 2. The van der Waals surface area contributed by atoms with E-state index in [1.165, 1.54) is 11.3 Å². The van der Waals surface area contributed by atoms with Crippen LogP contribution in [0, 0.1) is 6.92 Å². The fraction of sp³-hybridized carbons (Fsp3) is 0.333. The Morgan fingerprint density at radius 3 is 2.62 bits per heavy atom. The van der Waals surface area contributed by atoms with Crippen LogP contribution in [0.2, 0.25) is 0 Å². The van der Waals surface area contributed by atoms with Crippen molar-refractivity contribution in [2.45, 2.75) is 24.0 Å². The fourth-order valence-electron chi connectivity index (χ4n) is 2.03. The van der Waals surface area contributed by atoms with E-state index in [1.807, 2.05) is 31.2 Å². The van der Waals surface area contributed by atoms with Crippen LogP contribution in [-0.2, 0) is 22.9 Å². The average Bonchev–Trinajstić information content (AvgIpc) is 2.91. The molecule has 1 aromatic heterocycles. The van der Waals surface area contributed by atoms with Gasteiger partial charge in [-0.05, 0) is 36.6 Å². The third-order valence-corrected chi connectivity index (χ3v) is 6.31. The molecule has 0 amide bonds. The third kappa shape index (κ3) is 4.38. The molecule has 21 heavy (non-hydrogen) atoms. The summed E-state index contributed by atoms with van der Waals surface area (Å²) in [7, 11) is -3.45. The molecule has 4 nitrogen and oxygen atoms in total. The summed E-state index contributed by atoms with van der Waals surface area (Å²) < 4.78 is 27.3. The Balaban J connectivity index is 1.96. The van der Waals surface area contributed by atoms with Crippen LogP contribution in [0.15, 0.2) is 40.6 Å². The first-order valence-corrected chi connectivity index (χ1v) is 9.06. The highest BCUT2D eigenvalue weighted by Gasteiger charge is 2.16. The number of sulfonamides is 1. The Labute approximate surface area is 129 Å². The van der Waals surface area contributed by atoms with Crippen molar-refractivity contribution in [2.24, 2.45) is 0 Å². The molecule has 2 N–H and O–H groups in total. The molecular weight excluding hydrogens is 306 g/mol. The van der Waals surface area contributed by atoms with Gasteiger partial charge in [-0.15, -0.1) is 11.3 Å². The predicted molar refractivity (Wildman–Crippen MR) is 85.2 cm³/mol. The van der Waals surface area contributed by atoms with Crippen molar-refractivity contribution < 1.29 is 13.5 Å². The van der Waals surface area contributed by atoms with Crippen molar-refractivity contribution in [2.75, 3.05) is 13.2 Å². The lowest BCUT2D eigenvalue weighted by Crippen LogP contribution is -2.25. The van der Waals surface area contributed by atoms with Gasteiger partial charge in [0, 0.05) is 24.4 Å². The minimum absolute atomic E-state index is 0.0285. The van der Waals surface area contributed by atoms with Crippen LogP contribution in [-0.4, -0.2) is 26.7 Å². The van der Waals surface area contributed by atoms with Gasteiger partial charge in [-0.25, -0.2) is 13.1 Å². The van der Waals surface area contributed by atoms with Crippen molar-refractivity contribution in [3.63, 3.8) is 0 Å². The molecule has 1 aromatic carbocycles. The molecule has 0 bridgehead atoms. The Morgan fingerprint density at radius 2 is 1.90 bits per heavy atom. The first-order valence-electron chi connectivity index (χ1n) is 6.76. The van der Waals surface area contributed by atoms with Crippen LogP contribution in [0.4, 0.5) is 0 Å². The molecule has 0 saturated carbocycles. The number of aliphatic hydroxyl groups is 1. The van der Waals surface area contributed by atoms with Crippen LogP contribution in [0.3, 0.4) is 0 Å². The van der Waals surface area contributed by atoms with Gasteiger partial charge in [0.05, 0.1) is 0 Å². The van der Waals surface area contributed by atoms with Gasteiger partial charge >= 0.3 is 0 Å². The third-order valence-electron chi connectivity index (χ3n) is 3.21. The van der Waals surface area contributed by atoms with Crippen molar-refractivity contribution in [3.8, 4) is 0 Å². The van der Waals surface area contributed by atoms with Gasteiger partial charge in [0.15, 0.2) is 0 Å². The quantitative estimate of drug-likeness (QED) is 0.819. The summed E-state index contributed by atoms with van der Waals surface area (Å²) in [5.74, 6) is 0. The average molecular weight is 325 g/mol. The summed E-state index contributed by atoms with van der Waals surface area (Å²) >= 11 is 1.20. The van der Waals surface area contributed by atoms with E-state index in [0.29, 0.717) is 23.6 Å². The Kier molecular flexibility index (Phi) is 5.52. The van der Waals surface area contributed by atoms with E-state index < -0.39 is 10.0 Å². The van der Waals surface area contributed by atoms with Gasteiger partial charge in [0.1, 0.15) is 4.21 Å². The zero-order chi connectivity index (χ0) is 15.3. The molecule has 0 radical (unpaired) electrons. The van der Waals surface area contributed by atoms with Crippen molar-refractivity contribution in [1.29, 1.82) is 0 Å². The molecule has 0 aliphatic rings. The molecule has 114 valence electrons. The van der Waals surface area contributed by atoms with Crippen molar-refractivity contribution in [1.82, 2.24) is 4.72 Å². The zero-order valence-corrected chi connectivity index (χ0v) is 13.5. The lowest BCUT2D eigenvalue weighted by atomic mass is 10.1. The maximum absolute atomic E-state index is 12.2. The minimum Gasteiger partial charge on any atom is -0.396 e. The van der Waals surface area contributed by atoms with E-state index in [0.717, 1.165) is 16.0 Å². The van der Waals surface area contributed by atoms with Gasteiger partial charge in [0.25, 0.3) is 0 Å². The highest BCUT2D eigenvalue weighted by atomic mass is 32.2. The van der Waals surface area contributed by atoms with Gasteiger partial charge < -0.3 is 5.11 Å². The number of aryl methyl sites for hydroxylation is 1. The number of aliphatic hydroxyl groups excluding tert-OH is 1. The maximum atomic E-state index is 12.2.